The molecule has 0 aliphatic carbocycles. The molecule has 0 aromatic heterocycles. The fourth-order valence-corrected chi connectivity index (χ4v) is 2.49. The van der Waals surface area contributed by atoms with E-state index in [-0.39, 0.29) is 5.82 Å². The summed E-state index contributed by atoms with van der Waals surface area (Å²) in [4.78, 5) is 1.72. The third kappa shape index (κ3) is 4.37. The van der Waals surface area contributed by atoms with Crippen LogP contribution in [-0.2, 0) is 6.54 Å². The fourth-order valence-electron chi connectivity index (χ4n) is 1.65. The quantitative estimate of drug-likeness (QED) is 0.863. The van der Waals surface area contributed by atoms with Crippen LogP contribution in [0.2, 0.25) is 0 Å². The van der Waals surface area contributed by atoms with E-state index in [1.54, 1.807) is 12.1 Å². The van der Waals surface area contributed by atoms with E-state index in [2.05, 4.69) is 31.3 Å². The van der Waals surface area contributed by atoms with Crippen LogP contribution in [0.1, 0.15) is 19.4 Å². The van der Waals surface area contributed by atoms with Crippen LogP contribution in [0.3, 0.4) is 0 Å². The highest BCUT2D eigenvalue weighted by Gasteiger charge is 2.03. The minimum absolute atomic E-state index is 0.168. The molecule has 1 N–H and O–H groups in total. The van der Waals surface area contributed by atoms with Gasteiger partial charge in [-0.15, -0.1) is 0 Å². The molecule has 0 unspecified atom stereocenters. The van der Waals surface area contributed by atoms with Gasteiger partial charge in [0.15, 0.2) is 0 Å². The van der Waals surface area contributed by atoms with Crippen molar-refractivity contribution < 1.29 is 4.39 Å². The Morgan fingerprint density at radius 2 is 1.74 bits per heavy atom. The molecule has 0 saturated carbocycles. The monoisotopic (exact) mass is 275 g/mol. The van der Waals surface area contributed by atoms with E-state index in [0.717, 1.165) is 11.4 Å². The van der Waals surface area contributed by atoms with Gasteiger partial charge in [-0.05, 0) is 29.8 Å². The van der Waals surface area contributed by atoms with Gasteiger partial charge in [0.25, 0.3) is 0 Å². The molecule has 19 heavy (non-hydrogen) atoms. The van der Waals surface area contributed by atoms with Crippen molar-refractivity contribution in [3.05, 3.63) is 59.9 Å². The van der Waals surface area contributed by atoms with E-state index >= 15 is 0 Å². The summed E-state index contributed by atoms with van der Waals surface area (Å²) in [6, 6.07) is 15.6. The molecule has 0 aliphatic rings. The van der Waals surface area contributed by atoms with Crippen LogP contribution in [0.15, 0.2) is 58.3 Å². The Morgan fingerprint density at radius 3 is 2.37 bits per heavy atom. The summed E-state index contributed by atoms with van der Waals surface area (Å²) in [7, 11) is 0. The summed E-state index contributed by atoms with van der Waals surface area (Å²) >= 11 is 1.45. The molecule has 3 heteroatoms. The molecule has 0 spiro atoms. The van der Waals surface area contributed by atoms with Gasteiger partial charge in [-0.2, -0.15) is 0 Å². The standard InChI is InChI=1S/C16H18FNS/c1-12(2)18-11-13-7-9-14(10-8-13)19-16-6-4-3-5-15(16)17/h3-10,12,18H,11H2,1-2H3. The van der Waals surface area contributed by atoms with Gasteiger partial charge in [0.2, 0.25) is 0 Å². The number of benzene rings is 2. The molecule has 100 valence electrons. The van der Waals surface area contributed by atoms with Gasteiger partial charge in [0.1, 0.15) is 5.82 Å². The second kappa shape index (κ2) is 6.73. The highest BCUT2D eigenvalue weighted by atomic mass is 32.2. The summed E-state index contributed by atoms with van der Waals surface area (Å²) < 4.78 is 13.5. The molecule has 2 aromatic rings. The van der Waals surface area contributed by atoms with Crippen LogP contribution in [0.5, 0.6) is 0 Å². The van der Waals surface area contributed by atoms with E-state index in [0.29, 0.717) is 10.9 Å². The largest absolute Gasteiger partial charge is 0.310 e. The van der Waals surface area contributed by atoms with Crippen LogP contribution < -0.4 is 5.32 Å². The highest BCUT2D eigenvalue weighted by molar-refractivity contribution is 7.99. The average Bonchev–Trinajstić information content (AvgIpc) is 2.40. The van der Waals surface area contributed by atoms with Gasteiger partial charge >= 0.3 is 0 Å². The van der Waals surface area contributed by atoms with Crippen LogP contribution >= 0.6 is 11.8 Å². The van der Waals surface area contributed by atoms with E-state index in [4.69, 9.17) is 0 Å². The Morgan fingerprint density at radius 1 is 1.05 bits per heavy atom. The van der Waals surface area contributed by atoms with Crippen LogP contribution in [-0.4, -0.2) is 6.04 Å². The van der Waals surface area contributed by atoms with Crippen molar-refractivity contribution in [2.45, 2.75) is 36.2 Å². The molecule has 0 bridgehead atoms. The first-order valence-corrected chi connectivity index (χ1v) is 7.21. The number of hydrogen-bond acceptors (Lipinski definition) is 2. The minimum atomic E-state index is -0.168. The molecular formula is C16H18FNS. The molecule has 2 aromatic carbocycles. The van der Waals surface area contributed by atoms with Crippen LogP contribution in [0.4, 0.5) is 4.39 Å². The van der Waals surface area contributed by atoms with E-state index < -0.39 is 0 Å². The Balaban J connectivity index is 2.01. The smallest absolute Gasteiger partial charge is 0.137 e. The van der Waals surface area contributed by atoms with Crippen molar-refractivity contribution in [1.29, 1.82) is 0 Å². The molecule has 0 saturated heterocycles. The lowest BCUT2D eigenvalue weighted by molar-refractivity contribution is 0.588. The van der Waals surface area contributed by atoms with Crippen molar-refractivity contribution in [1.82, 2.24) is 5.32 Å². The molecule has 0 amide bonds. The van der Waals surface area contributed by atoms with Gasteiger partial charge in [-0.25, -0.2) is 4.39 Å². The van der Waals surface area contributed by atoms with Crippen molar-refractivity contribution in [2.75, 3.05) is 0 Å². The van der Waals surface area contributed by atoms with Crippen molar-refractivity contribution in [2.24, 2.45) is 0 Å². The van der Waals surface area contributed by atoms with Gasteiger partial charge in [-0.1, -0.05) is 49.9 Å². The molecular weight excluding hydrogens is 257 g/mol. The Hall–Kier alpha value is -1.32. The third-order valence-electron chi connectivity index (χ3n) is 2.70. The molecule has 0 fully saturated rings. The summed E-state index contributed by atoms with van der Waals surface area (Å²) in [5, 5.41) is 3.37. The first-order chi connectivity index (χ1) is 9.15. The lowest BCUT2D eigenvalue weighted by Gasteiger charge is -2.08. The number of halogens is 1. The van der Waals surface area contributed by atoms with Gasteiger partial charge in [-0.3, -0.25) is 0 Å². The van der Waals surface area contributed by atoms with Crippen molar-refractivity contribution in [3.63, 3.8) is 0 Å². The summed E-state index contributed by atoms with van der Waals surface area (Å²) in [6.45, 7) is 5.12. The molecule has 0 aliphatic heterocycles. The highest BCUT2D eigenvalue weighted by Crippen LogP contribution is 2.29. The van der Waals surface area contributed by atoms with Gasteiger partial charge in [0.05, 0.1) is 0 Å². The molecule has 0 atom stereocenters. The maximum absolute atomic E-state index is 13.5. The molecule has 1 nitrogen and oxygen atoms in total. The lowest BCUT2D eigenvalue weighted by atomic mass is 10.2. The second-order valence-electron chi connectivity index (χ2n) is 4.71. The summed E-state index contributed by atoms with van der Waals surface area (Å²) in [5.74, 6) is -0.168. The zero-order valence-corrected chi connectivity index (χ0v) is 12.0. The zero-order valence-electron chi connectivity index (χ0n) is 11.2. The predicted molar refractivity (Wildman–Crippen MR) is 78.9 cm³/mol. The topological polar surface area (TPSA) is 12.0 Å². The lowest BCUT2D eigenvalue weighted by Crippen LogP contribution is -2.21. The summed E-state index contributed by atoms with van der Waals surface area (Å²) in [5.41, 5.74) is 1.24. The third-order valence-corrected chi connectivity index (χ3v) is 3.76. The first kappa shape index (κ1) is 14.1. The van der Waals surface area contributed by atoms with Gasteiger partial charge < -0.3 is 5.32 Å². The molecule has 0 radical (unpaired) electrons. The Labute approximate surface area is 118 Å². The van der Waals surface area contributed by atoms with E-state index in [9.17, 15) is 4.39 Å². The summed E-state index contributed by atoms with van der Waals surface area (Å²) in [6.07, 6.45) is 0. The van der Waals surface area contributed by atoms with Crippen LogP contribution in [0, 0.1) is 5.82 Å². The molecule has 0 heterocycles. The van der Waals surface area contributed by atoms with Crippen LogP contribution in [0.25, 0.3) is 0 Å². The maximum Gasteiger partial charge on any atom is 0.137 e. The Bertz CT molecular complexity index is 523. The number of nitrogens with one attached hydrogen (secondary N) is 1. The predicted octanol–water partition coefficient (Wildman–Crippen LogP) is 4.47. The van der Waals surface area contributed by atoms with Crippen molar-refractivity contribution in [3.8, 4) is 0 Å². The molecule has 2 rings (SSSR count). The normalized spacial score (nSPS) is 10.9. The first-order valence-electron chi connectivity index (χ1n) is 6.40. The second-order valence-corrected chi connectivity index (χ2v) is 5.83. The van der Waals surface area contributed by atoms with Crippen molar-refractivity contribution >= 4 is 11.8 Å². The Kier molecular flexibility index (Phi) is 5.00. The maximum atomic E-state index is 13.5. The minimum Gasteiger partial charge on any atom is -0.310 e. The van der Waals surface area contributed by atoms with E-state index in [1.807, 2.05) is 18.2 Å². The number of hydrogen-bond donors (Lipinski definition) is 1. The SMILES string of the molecule is CC(C)NCc1ccc(Sc2ccccc2F)cc1. The fraction of sp³-hybridized carbons (Fsp3) is 0.250. The van der Waals surface area contributed by atoms with Gasteiger partial charge in [0, 0.05) is 22.4 Å². The average molecular weight is 275 g/mol. The van der Waals surface area contributed by atoms with E-state index in [1.165, 1.54) is 23.4 Å². The number of rotatable bonds is 5. The zero-order chi connectivity index (χ0) is 13.7.